The Bertz CT molecular complexity index is 917. The van der Waals surface area contributed by atoms with Crippen LogP contribution in [0.1, 0.15) is 22.0 Å². The summed E-state index contributed by atoms with van der Waals surface area (Å²) in [6.07, 6.45) is 3.25. The van der Waals surface area contributed by atoms with Gasteiger partial charge in [0.15, 0.2) is 5.11 Å². The Morgan fingerprint density at radius 2 is 1.57 bits per heavy atom. The molecular formula is C21H21N5OS. The van der Waals surface area contributed by atoms with Gasteiger partial charge in [0.2, 0.25) is 0 Å². The van der Waals surface area contributed by atoms with Crippen molar-refractivity contribution in [2.24, 2.45) is 5.73 Å². The van der Waals surface area contributed by atoms with Gasteiger partial charge in [0.05, 0.1) is 0 Å². The summed E-state index contributed by atoms with van der Waals surface area (Å²) in [5, 5.41) is 9.54. The van der Waals surface area contributed by atoms with Crippen LogP contribution in [0.5, 0.6) is 0 Å². The van der Waals surface area contributed by atoms with Crippen molar-refractivity contribution < 1.29 is 4.79 Å². The van der Waals surface area contributed by atoms with Gasteiger partial charge in [0.25, 0.3) is 5.91 Å². The predicted molar refractivity (Wildman–Crippen MR) is 116 cm³/mol. The van der Waals surface area contributed by atoms with E-state index in [2.05, 4.69) is 20.9 Å². The molecule has 0 spiro atoms. The molecule has 0 fully saturated rings. The third-order valence-corrected chi connectivity index (χ3v) is 4.30. The van der Waals surface area contributed by atoms with Crippen LogP contribution in [0.15, 0.2) is 79.1 Å². The number of benzene rings is 2. The van der Waals surface area contributed by atoms with Crippen LogP contribution < -0.4 is 21.7 Å². The van der Waals surface area contributed by atoms with Crippen molar-refractivity contribution in [2.75, 3.05) is 17.2 Å². The Kier molecular flexibility index (Phi) is 6.67. The molecule has 3 aromatic rings. The van der Waals surface area contributed by atoms with Crippen molar-refractivity contribution in [1.29, 1.82) is 0 Å². The van der Waals surface area contributed by atoms with Gasteiger partial charge < -0.3 is 21.7 Å². The van der Waals surface area contributed by atoms with E-state index in [0.29, 0.717) is 22.9 Å². The fourth-order valence-electron chi connectivity index (χ4n) is 2.54. The maximum atomic E-state index is 12.3. The molecule has 1 unspecified atom stereocenters. The van der Waals surface area contributed by atoms with E-state index in [9.17, 15) is 4.79 Å². The number of para-hydroxylation sites is 1. The second-order valence-corrected chi connectivity index (χ2v) is 6.53. The number of nitrogens with one attached hydrogen (secondary N) is 3. The van der Waals surface area contributed by atoms with Gasteiger partial charge in [-0.3, -0.25) is 9.78 Å². The molecule has 1 atom stereocenters. The highest BCUT2D eigenvalue weighted by atomic mass is 32.1. The number of pyridine rings is 1. The number of nitrogens with two attached hydrogens (primary N) is 1. The van der Waals surface area contributed by atoms with Gasteiger partial charge >= 0.3 is 0 Å². The summed E-state index contributed by atoms with van der Waals surface area (Å²) in [5.74, 6) is -0.183. The summed E-state index contributed by atoms with van der Waals surface area (Å²) in [6, 6.07) is 20.1. The monoisotopic (exact) mass is 391 g/mol. The first-order valence-electron chi connectivity index (χ1n) is 8.78. The molecule has 28 heavy (non-hydrogen) atoms. The quantitative estimate of drug-likeness (QED) is 0.482. The number of rotatable bonds is 6. The van der Waals surface area contributed by atoms with E-state index < -0.39 is 0 Å². The lowest BCUT2D eigenvalue weighted by atomic mass is 10.1. The van der Waals surface area contributed by atoms with Crippen molar-refractivity contribution in [2.45, 2.75) is 6.04 Å². The fraction of sp³-hybridized carbons (Fsp3) is 0.0952. The molecule has 1 heterocycles. The molecule has 7 heteroatoms. The minimum Gasteiger partial charge on any atom is -0.361 e. The minimum absolute atomic E-state index is 0.183. The SMILES string of the molecule is NC(CNC(=S)Nc1ccccc1)c1ccc(C(=O)Nc2ccncc2)cc1. The Balaban J connectivity index is 1.51. The number of amides is 1. The van der Waals surface area contributed by atoms with Crippen LogP contribution in [0.25, 0.3) is 0 Å². The number of nitrogens with zero attached hydrogens (tertiary/aromatic N) is 1. The summed E-state index contributed by atoms with van der Waals surface area (Å²) in [7, 11) is 0. The van der Waals surface area contributed by atoms with Gasteiger partial charge in [-0.05, 0) is 54.2 Å². The molecule has 0 aliphatic rings. The van der Waals surface area contributed by atoms with E-state index in [0.717, 1.165) is 11.3 Å². The van der Waals surface area contributed by atoms with Crippen LogP contribution in [0.4, 0.5) is 11.4 Å². The van der Waals surface area contributed by atoms with E-state index >= 15 is 0 Å². The lowest BCUT2D eigenvalue weighted by Crippen LogP contribution is -2.34. The number of carbonyl (C=O) groups excluding carboxylic acids is 1. The predicted octanol–water partition coefficient (Wildman–Crippen LogP) is 3.32. The molecule has 142 valence electrons. The minimum atomic E-state index is -0.257. The second kappa shape index (κ2) is 9.59. The third-order valence-electron chi connectivity index (χ3n) is 4.05. The van der Waals surface area contributed by atoms with E-state index in [4.69, 9.17) is 18.0 Å². The number of thiocarbonyl (C=S) groups is 1. The number of hydrogen-bond acceptors (Lipinski definition) is 4. The average Bonchev–Trinajstić information content (AvgIpc) is 2.73. The van der Waals surface area contributed by atoms with Crippen LogP contribution in [0.3, 0.4) is 0 Å². The van der Waals surface area contributed by atoms with Crippen molar-refractivity contribution in [3.05, 3.63) is 90.3 Å². The molecule has 0 bridgehead atoms. The first kappa shape index (κ1) is 19.5. The Morgan fingerprint density at radius 3 is 2.25 bits per heavy atom. The first-order valence-corrected chi connectivity index (χ1v) is 9.19. The summed E-state index contributed by atoms with van der Waals surface area (Å²) < 4.78 is 0. The van der Waals surface area contributed by atoms with Crippen LogP contribution in [-0.2, 0) is 0 Å². The zero-order chi connectivity index (χ0) is 19.8. The molecule has 0 saturated carbocycles. The zero-order valence-electron chi connectivity index (χ0n) is 15.1. The lowest BCUT2D eigenvalue weighted by Gasteiger charge is -2.16. The topological polar surface area (TPSA) is 92.1 Å². The molecule has 1 aromatic heterocycles. The van der Waals surface area contributed by atoms with Crippen LogP contribution >= 0.6 is 12.2 Å². The molecule has 6 nitrogen and oxygen atoms in total. The molecule has 5 N–H and O–H groups in total. The highest BCUT2D eigenvalue weighted by molar-refractivity contribution is 7.80. The Hall–Kier alpha value is -3.29. The second-order valence-electron chi connectivity index (χ2n) is 6.12. The number of carbonyl (C=O) groups is 1. The molecule has 0 radical (unpaired) electrons. The van der Waals surface area contributed by atoms with Crippen LogP contribution in [0.2, 0.25) is 0 Å². The lowest BCUT2D eigenvalue weighted by molar-refractivity contribution is 0.102. The highest BCUT2D eigenvalue weighted by Gasteiger charge is 2.10. The molecule has 1 amide bonds. The molecule has 0 saturated heterocycles. The zero-order valence-corrected chi connectivity index (χ0v) is 15.9. The van der Waals surface area contributed by atoms with Crippen molar-refractivity contribution in [1.82, 2.24) is 10.3 Å². The number of anilines is 2. The van der Waals surface area contributed by atoms with Crippen molar-refractivity contribution in [3.8, 4) is 0 Å². The largest absolute Gasteiger partial charge is 0.361 e. The maximum absolute atomic E-state index is 12.3. The summed E-state index contributed by atoms with van der Waals surface area (Å²) in [5.41, 5.74) is 9.31. The van der Waals surface area contributed by atoms with Gasteiger partial charge in [0.1, 0.15) is 0 Å². The van der Waals surface area contributed by atoms with Gasteiger partial charge in [-0.1, -0.05) is 30.3 Å². The molecule has 3 rings (SSSR count). The standard InChI is InChI=1S/C21H21N5OS/c22-19(14-24-21(28)26-17-4-2-1-3-5-17)15-6-8-16(9-7-15)20(27)25-18-10-12-23-13-11-18/h1-13,19H,14,22H2,(H,23,25,27)(H2,24,26,28). The number of hydrogen-bond donors (Lipinski definition) is 4. The summed E-state index contributed by atoms with van der Waals surface area (Å²) >= 11 is 5.29. The fourth-order valence-corrected chi connectivity index (χ4v) is 2.74. The van der Waals surface area contributed by atoms with E-state index in [-0.39, 0.29) is 11.9 Å². The van der Waals surface area contributed by atoms with Crippen molar-refractivity contribution in [3.63, 3.8) is 0 Å². The molecular weight excluding hydrogens is 370 g/mol. The Labute approximate surface area is 169 Å². The van der Waals surface area contributed by atoms with Crippen molar-refractivity contribution >= 4 is 34.6 Å². The summed E-state index contributed by atoms with van der Waals surface area (Å²) in [4.78, 5) is 16.2. The van der Waals surface area contributed by atoms with Gasteiger partial charge in [-0.25, -0.2) is 0 Å². The van der Waals surface area contributed by atoms with Gasteiger partial charge in [-0.2, -0.15) is 0 Å². The normalized spacial score (nSPS) is 11.3. The molecule has 2 aromatic carbocycles. The Morgan fingerprint density at radius 1 is 0.929 bits per heavy atom. The molecule has 0 aliphatic heterocycles. The van der Waals surface area contributed by atoms with Gasteiger partial charge in [0, 0.05) is 41.9 Å². The summed E-state index contributed by atoms with van der Waals surface area (Å²) in [6.45, 7) is 0.473. The third kappa shape index (κ3) is 5.60. The van der Waals surface area contributed by atoms with E-state index in [1.807, 2.05) is 42.5 Å². The first-order chi connectivity index (χ1) is 13.6. The smallest absolute Gasteiger partial charge is 0.255 e. The highest BCUT2D eigenvalue weighted by Crippen LogP contribution is 2.13. The molecule has 0 aliphatic carbocycles. The van der Waals surface area contributed by atoms with E-state index in [1.165, 1.54) is 0 Å². The average molecular weight is 392 g/mol. The van der Waals surface area contributed by atoms with Crippen LogP contribution in [-0.4, -0.2) is 22.5 Å². The van der Waals surface area contributed by atoms with Crippen LogP contribution in [0, 0.1) is 0 Å². The van der Waals surface area contributed by atoms with Gasteiger partial charge in [-0.15, -0.1) is 0 Å². The maximum Gasteiger partial charge on any atom is 0.255 e. The van der Waals surface area contributed by atoms with E-state index in [1.54, 1.807) is 36.7 Å². The number of aromatic nitrogens is 1.